The lowest BCUT2D eigenvalue weighted by atomic mass is 10.0. The summed E-state index contributed by atoms with van der Waals surface area (Å²) in [6, 6.07) is 7.55. The van der Waals surface area contributed by atoms with E-state index >= 15 is 0 Å². The molecule has 2 N–H and O–H groups in total. The summed E-state index contributed by atoms with van der Waals surface area (Å²) in [6.45, 7) is 4.07. The summed E-state index contributed by atoms with van der Waals surface area (Å²) in [5.74, 6) is -0.658. The standard InChI is InChI=1S/C16H24ClNO5S/c1-3-16(4-2)22-14(9-10-18-24(19,20)21)15(23-16)11-12-7-5-6-8-13(12)17/h5-8,14-15,18H,3-4,9-11H2,1-2H3,(H,19,20,21). The molecule has 2 unspecified atom stereocenters. The van der Waals surface area contributed by atoms with Gasteiger partial charge in [0.1, 0.15) is 0 Å². The van der Waals surface area contributed by atoms with Gasteiger partial charge in [-0.15, -0.1) is 0 Å². The van der Waals surface area contributed by atoms with Crippen LogP contribution in [0, 0.1) is 0 Å². The minimum absolute atomic E-state index is 0.0788. The monoisotopic (exact) mass is 377 g/mol. The maximum atomic E-state index is 10.8. The minimum atomic E-state index is -4.21. The third-order valence-corrected chi connectivity index (χ3v) is 5.25. The third-order valence-electron chi connectivity index (χ3n) is 4.32. The Labute approximate surface area is 148 Å². The summed E-state index contributed by atoms with van der Waals surface area (Å²) in [4.78, 5) is 0. The Morgan fingerprint density at radius 1 is 1.21 bits per heavy atom. The molecule has 1 saturated heterocycles. The van der Waals surface area contributed by atoms with Crippen molar-refractivity contribution in [1.82, 2.24) is 4.72 Å². The first-order chi connectivity index (χ1) is 11.3. The molecule has 2 atom stereocenters. The highest BCUT2D eigenvalue weighted by molar-refractivity contribution is 7.83. The smallest absolute Gasteiger partial charge is 0.333 e. The van der Waals surface area contributed by atoms with Crippen LogP contribution in [0.2, 0.25) is 5.02 Å². The maximum Gasteiger partial charge on any atom is 0.333 e. The van der Waals surface area contributed by atoms with Gasteiger partial charge < -0.3 is 9.47 Å². The van der Waals surface area contributed by atoms with Crippen LogP contribution in [0.4, 0.5) is 0 Å². The summed E-state index contributed by atoms with van der Waals surface area (Å²) in [7, 11) is -4.21. The zero-order valence-electron chi connectivity index (χ0n) is 13.9. The molecule has 136 valence electrons. The van der Waals surface area contributed by atoms with Gasteiger partial charge in [0.15, 0.2) is 5.79 Å². The van der Waals surface area contributed by atoms with Gasteiger partial charge in [0.2, 0.25) is 0 Å². The van der Waals surface area contributed by atoms with E-state index in [1.165, 1.54) is 0 Å². The Morgan fingerprint density at radius 2 is 1.83 bits per heavy atom. The molecule has 0 radical (unpaired) electrons. The first-order valence-corrected chi connectivity index (χ1v) is 9.91. The Hall–Kier alpha value is -0.700. The van der Waals surface area contributed by atoms with Gasteiger partial charge >= 0.3 is 10.3 Å². The van der Waals surface area contributed by atoms with Crippen LogP contribution < -0.4 is 4.72 Å². The van der Waals surface area contributed by atoms with Crippen LogP contribution in [0.15, 0.2) is 24.3 Å². The van der Waals surface area contributed by atoms with E-state index in [4.69, 9.17) is 25.6 Å². The van der Waals surface area contributed by atoms with Gasteiger partial charge in [0.05, 0.1) is 12.2 Å². The fourth-order valence-corrected chi connectivity index (χ4v) is 3.53. The minimum Gasteiger partial charge on any atom is -0.344 e. The Bertz CT molecular complexity index is 648. The van der Waals surface area contributed by atoms with Gasteiger partial charge in [-0.3, -0.25) is 4.55 Å². The summed E-state index contributed by atoms with van der Waals surface area (Å²) in [6.07, 6.45) is 1.87. The fraction of sp³-hybridized carbons (Fsp3) is 0.625. The number of benzene rings is 1. The predicted octanol–water partition coefficient (Wildman–Crippen LogP) is 2.97. The first kappa shape index (κ1) is 19.6. The molecule has 1 heterocycles. The first-order valence-electron chi connectivity index (χ1n) is 8.09. The van der Waals surface area contributed by atoms with E-state index in [0.717, 1.165) is 5.56 Å². The van der Waals surface area contributed by atoms with Crippen LogP contribution in [0.25, 0.3) is 0 Å². The van der Waals surface area contributed by atoms with Crippen molar-refractivity contribution in [3.05, 3.63) is 34.9 Å². The number of ether oxygens (including phenoxy) is 2. The summed E-state index contributed by atoms with van der Waals surface area (Å²) >= 11 is 6.23. The number of rotatable bonds is 8. The second-order valence-electron chi connectivity index (χ2n) is 5.88. The largest absolute Gasteiger partial charge is 0.344 e. The number of hydrogen-bond acceptors (Lipinski definition) is 4. The van der Waals surface area contributed by atoms with E-state index < -0.39 is 16.1 Å². The zero-order chi connectivity index (χ0) is 17.8. The molecule has 0 amide bonds. The Morgan fingerprint density at radius 3 is 2.42 bits per heavy atom. The molecule has 8 heteroatoms. The van der Waals surface area contributed by atoms with Crippen LogP contribution in [0.5, 0.6) is 0 Å². The van der Waals surface area contributed by atoms with Crippen molar-refractivity contribution in [2.75, 3.05) is 6.54 Å². The quantitative estimate of drug-likeness (QED) is 0.680. The van der Waals surface area contributed by atoms with Crippen molar-refractivity contribution in [3.63, 3.8) is 0 Å². The fourth-order valence-electron chi connectivity index (χ4n) is 2.94. The topological polar surface area (TPSA) is 84.9 Å². The average Bonchev–Trinajstić information content (AvgIpc) is 2.87. The molecule has 1 aliphatic rings. The van der Waals surface area contributed by atoms with Gasteiger partial charge in [-0.1, -0.05) is 43.6 Å². The highest BCUT2D eigenvalue weighted by Gasteiger charge is 2.45. The van der Waals surface area contributed by atoms with Crippen LogP contribution in [0.3, 0.4) is 0 Å². The third kappa shape index (κ3) is 5.15. The molecule has 1 aromatic carbocycles. The van der Waals surface area contributed by atoms with Crippen molar-refractivity contribution < 1.29 is 22.4 Å². The van der Waals surface area contributed by atoms with Crippen LogP contribution in [-0.2, 0) is 26.2 Å². The van der Waals surface area contributed by atoms with E-state index in [-0.39, 0.29) is 18.8 Å². The molecular weight excluding hydrogens is 354 g/mol. The van der Waals surface area contributed by atoms with Crippen LogP contribution >= 0.6 is 11.6 Å². The lowest BCUT2D eigenvalue weighted by Crippen LogP contribution is -2.31. The molecule has 0 spiro atoms. The lowest BCUT2D eigenvalue weighted by Gasteiger charge is -2.25. The van der Waals surface area contributed by atoms with Crippen molar-refractivity contribution in [1.29, 1.82) is 0 Å². The number of nitrogens with one attached hydrogen (secondary N) is 1. The second-order valence-corrected chi connectivity index (χ2v) is 7.53. The molecule has 0 bridgehead atoms. The van der Waals surface area contributed by atoms with E-state index in [2.05, 4.69) is 4.72 Å². The summed E-state index contributed by atoms with van der Waals surface area (Å²) < 4.78 is 44.8. The van der Waals surface area contributed by atoms with Crippen molar-refractivity contribution in [2.24, 2.45) is 0 Å². The highest BCUT2D eigenvalue weighted by atomic mass is 35.5. The van der Waals surface area contributed by atoms with Crippen LogP contribution in [-0.4, -0.2) is 37.5 Å². The molecule has 0 aliphatic carbocycles. The molecular formula is C16H24ClNO5S. The summed E-state index contributed by atoms with van der Waals surface area (Å²) in [5, 5.41) is 0.668. The van der Waals surface area contributed by atoms with Gasteiger partial charge in [-0.05, 0) is 30.9 Å². The lowest BCUT2D eigenvalue weighted by molar-refractivity contribution is -0.179. The van der Waals surface area contributed by atoms with Gasteiger partial charge in [-0.2, -0.15) is 13.1 Å². The molecule has 1 aliphatic heterocycles. The van der Waals surface area contributed by atoms with E-state index in [1.807, 2.05) is 38.1 Å². The predicted molar refractivity (Wildman–Crippen MR) is 92.4 cm³/mol. The normalized spacial score (nSPS) is 23.5. The van der Waals surface area contributed by atoms with E-state index in [1.54, 1.807) is 0 Å². The van der Waals surface area contributed by atoms with Gasteiger partial charge in [0, 0.05) is 18.0 Å². The Balaban J connectivity index is 2.10. The van der Waals surface area contributed by atoms with Crippen LogP contribution in [0.1, 0.15) is 38.7 Å². The van der Waals surface area contributed by atoms with E-state index in [0.29, 0.717) is 30.7 Å². The van der Waals surface area contributed by atoms with Crippen molar-refractivity contribution in [2.45, 2.75) is 57.5 Å². The SMILES string of the molecule is CCC1(CC)OC(CCNS(=O)(=O)O)C(Cc2ccccc2Cl)O1. The van der Waals surface area contributed by atoms with Crippen molar-refractivity contribution in [3.8, 4) is 0 Å². The Kier molecular flexibility index (Phi) is 6.64. The highest BCUT2D eigenvalue weighted by Crippen LogP contribution is 2.37. The second kappa shape index (κ2) is 8.12. The molecule has 0 saturated carbocycles. The molecule has 2 rings (SSSR count). The average molecular weight is 378 g/mol. The number of halogens is 1. The van der Waals surface area contributed by atoms with Gasteiger partial charge in [-0.25, -0.2) is 0 Å². The molecule has 1 fully saturated rings. The van der Waals surface area contributed by atoms with E-state index in [9.17, 15) is 8.42 Å². The number of hydrogen-bond donors (Lipinski definition) is 2. The summed E-state index contributed by atoms with van der Waals surface area (Å²) in [5.41, 5.74) is 0.962. The maximum absolute atomic E-state index is 10.8. The molecule has 0 aromatic heterocycles. The molecule has 1 aromatic rings. The molecule has 6 nitrogen and oxygen atoms in total. The van der Waals surface area contributed by atoms with Gasteiger partial charge in [0.25, 0.3) is 0 Å². The molecule has 24 heavy (non-hydrogen) atoms. The zero-order valence-corrected chi connectivity index (χ0v) is 15.4. The van der Waals surface area contributed by atoms with Crippen molar-refractivity contribution >= 4 is 21.9 Å².